The van der Waals surface area contributed by atoms with Crippen LogP contribution in [0.1, 0.15) is 17.2 Å². The predicted octanol–water partition coefficient (Wildman–Crippen LogP) is 3.94. The molecule has 25 heavy (non-hydrogen) atoms. The molecule has 128 valence electrons. The van der Waals surface area contributed by atoms with E-state index in [1.54, 1.807) is 24.3 Å². The fourth-order valence-corrected chi connectivity index (χ4v) is 5.00. The summed E-state index contributed by atoms with van der Waals surface area (Å²) >= 11 is 5.98. The quantitative estimate of drug-likeness (QED) is 0.741. The molecule has 1 N–H and O–H groups in total. The molecule has 3 aromatic rings. The molecule has 0 saturated carbocycles. The van der Waals surface area contributed by atoms with Crippen LogP contribution in [0.2, 0.25) is 5.02 Å². The summed E-state index contributed by atoms with van der Waals surface area (Å²) < 4.78 is 28.5. The van der Waals surface area contributed by atoms with Crippen LogP contribution in [0.5, 0.6) is 0 Å². The van der Waals surface area contributed by atoms with Crippen molar-refractivity contribution in [3.05, 3.63) is 70.7 Å². The summed E-state index contributed by atoms with van der Waals surface area (Å²) in [7, 11) is 0.310. The second-order valence-electron chi connectivity index (χ2n) is 6.35. The average molecular weight is 373 g/mol. The lowest BCUT2D eigenvalue weighted by atomic mass is 9.93. The largest absolute Gasteiger partial charge is 0.377 e. The van der Waals surface area contributed by atoms with Crippen LogP contribution in [-0.4, -0.2) is 22.5 Å². The van der Waals surface area contributed by atoms with Crippen molar-refractivity contribution in [3.8, 4) is 0 Å². The zero-order chi connectivity index (χ0) is 17.8. The topological polar surface area (TPSA) is 49.4 Å². The average Bonchev–Trinajstić information content (AvgIpc) is 2.58. The molecule has 0 aromatic heterocycles. The zero-order valence-corrected chi connectivity index (χ0v) is 15.4. The van der Waals surface area contributed by atoms with Crippen molar-refractivity contribution < 1.29 is 8.42 Å². The van der Waals surface area contributed by atoms with Crippen molar-refractivity contribution in [2.45, 2.75) is 10.9 Å². The van der Waals surface area contributed by atoms with E-state index in [2.05, 4.69) is 4.72 Å². The Bertz CT molecular complexity index is 1080. The van der Waals surface area contributed by atoms with Crippen LogP contribution < -0.4 is 9.62 Å². The lowest BCUT2D eigenvalue weighted by Gasteiger charge is -2.29. The van der Waals surface area contributed by atoms with Gasteiger partial charge in [-0.3, -0.25) is 0 Å². The van der Waals surface area contributed by atoms with E-state index in [0.29, 0.717) is 9.92 Å². The molecule has 3 aromatic carbocycles. The second-order valence-corrected chi connectivity index (χ2v) is 8.47. The van der Waals surface area contributed by atoms with Crippen LogP contribution in [-0.2, 0) is 10.0 Å². The fourth-order valence-electron chi connectivity index (χ4n) is 3.42. The molecule has 1 heterocycles. The Balaban J connectivity index is 2.06. The van der Waals surface area contributed by atoms with E-state index >= 15 is 0 Å². The van der Waals surface area contributed by atoms with Gasteiger partial charge in [0.2, 0.25) is 10.0 Å². The maximum absolute atomic E-state index is 12.8. The maximum atomic E-state index is 12.8. The van der Waals surface area contributed by atoms with Gasteiger partial charge in [0, 0.05) is 35.6 Å². The molecule has 4 nitrogen and oxygen atoms in total. The number of nitrogens with zero attached hydrogens (tertiary/aromatic N) is 1. The van der Waals surface area contributed by atoms with Crippen LogP contribution in [0.25, 0.3) is 10.8 Å². The first-order valence-corrected chi connectivity index (χ1v) is 9.75. The highest BCUT2D eigenvalue weighted by atomic mass is 35.5. The highest BCUT2D eigenvalue weighted by molar-refractivity contribution is 7.89. The van der Waals surface area contributed by atoms with E-state index in [-0.39, 0.29) is 0 Å². The van der Waals surface area contributed by atoms with Crippen molar-refractivity contribution in [2.24, 2.45) is 0 Å². The van der Waals surface area contributed by atoms with E-state index in [1.807, 2.05) is 49.3 Å². The van der Waals surface area contributed by atoms with Crippen molar-refractivity contribution >= 4 is 38.1 Å². The van der Waals surface area contributed by atoms with Gasteiger partial charge < -0.3 is 4.90 Å². The molecule has 0 saturated heterocycles. The first kappa shape index (κ1) is 16.4. The van der Waals surface area contributed by atoms with Gasteiger partial charge in [-0.15, -0.1) is 0 Å². The summed E-state index contributed by atoms with van der Waals surface area (Å²) in [5, 5.41) is 2.34. The molecule has 1 aliphatic rings. The zero-order valence-electron chi connectivity index (χ0n) is 13.8. The standard InChI is InChI=1S/C19H17ClN2O2S/c1-22(2)16-11-10-15-18-14(16)4-3-5-17(18)25(23,24)21-19(15)12-6-8-13(20)9-7-12/h3-11,19,21H,1-2H3. The summed E-state index contributed by atoms with van der Waals surface area (Å²) in [5.41, 5.74) is 2.81. The van der Waals surface area contributed by atoms with Gasteiger partial charge in [0.25, 0.3) is 0 Å². The van der Waals surface area contributed by atoms with Crippen LogP contribution >= 0.6 is 11.6 Å². The molecule has 6 heteroatoms. The van der Waals surface area contributed by atoms with E-state index in [0.717, 1.165) is 27.6 Å². The molecule has 0 radical (unpaired) electrons. The monoisotopic (exact) mass is 372 g/mol. The minimum atomic E-state index is -3.60. The Morgan fingerprint density at radius 2 is 1.72 bits per heavy atom. The van der Waals surface area contributed by atoms with Gasteiger partial charge in [0.05, 0.1) is 10.9 Å². The lowest BCUT2D eigenvalue weighted by molar-refractivity contribution is 0.570. The Hall–Kier alpha value is -2.08. The Kier molecular flexibility index (Phi) is 3.76. The van der Waals surface area contributed by atoms with Gasteiger partial charge in [-0.25, -0.2) is 8.42 Å². The van der Waals surface area contributed by atoms with Crippen molar-refractivity contribution in [1.82, 2.24) is 4.72 Å². The van der Waals surface area contributed by atoms with E-state index in [9.17, 15) is 8.42 Å². The van der Waals surface area contributed by atoms with Gasteiger partial charge in [-0.05, 0) is 35.4 Å². The van der Waals surface area contributed by atoms with Crippen LogP contribution in [0.4, 0.5) is 5.69 Å². The number of nitrogens with one attached hydrogen (secondary N) is 1. The second kappa shape index (κ2) is 5.73. The minimum Gasteiger partial charge on any atom is -0.377 e. The van der Waals surface area contributed by atoms with Crippen molar-refractivity contribution in [1.29, 1.82) is 0 Å². The summed E-state index contributed by atoms with van der Waals surface area (Å²) in [6.07, 6.45) is 0. The van der Waals surface area contributed by atoms with Gasteiger partial charge >= 0.3 is 0 Å². The number of benzene rings is 3. The number of sulfonamides is 1. The molecule has 0 bridgehead atoms. The molecule has 1 aliphatic heterocycles. The number of anilines is 1. The van der Waals surface area contributed by atoms with Gasteiger partial charge in [0.1, 0.15) is 0 Å². The van der Waals surface area contributed by atoms with Crippen LogP contribution in [0, 0.1) is 0 Å². The molecule has 0 spiro atoms. The molecule has 1 unspecified atom stereocenters. The van der Waals surface area contributed by atoms with Crippen molar-refractivity contribution in [3.63, 3.8) is 0 Å². The number of hydrogen-bond donors (Lipinski definition) is 1. The molecular weight excluding hydrogens is 356 g/mol. The molecule has 0 fully saturated rings. The first-order valence-electron chi connectivity index (χ1n) is 7.89. The van der Waals surface area contributed by atoms with Crippen molar-refractivity contribution in [2.75, 3.05) is 19.0 Å². The van der Waals surface area contributed by atoms with Crippen LogP contribution in [0.15, 0.2) is 59.5 Å². The van der Waals surface area contributed by atoms with Gasteiger partial charge in [-0.2, -0.15) is 4.72 Å². The molecule has 1 atom stereocenters. The number of hydrogen-bond acceptors (Lipinski definition) is 3. The summed E-state index contributed by atoms with van der Waals surface area (Å²) in [6, 6.07) is 16.3. The SMILES string of the molecule is CN(C)c1ccc2c3c(cccc13)S(=O)(=O)NC2c1ccc(Cl)cc1. The Morgan fingerprint density at radius 1 is 1.00 bits per heavy atom. The third kappa shape index (κ3) is 2.59. The predicted molar refractivity (Wildman–Crippen MR) is 102 cm³/mol. The van der Waals surface area contributed by atoms with Gasteiger partial charge in [-0.1, -0.05) is 41.9 Å². The molecule has 0 aliphatic carbocycles. The smallest absolute Gasteiger partial charge is 0.242 e. The van der Waals surface area contributed by atoms with E-state index in [4.69, 9.17) is 11.6 Å². The lowest BCUT2D eigenvalue weighted by Crippen LogP contribution is -2.33. The highest BCUT2D eigenvalue weighted by Crippen LogP contribution is 2.41. The number of halogens is 1. The molecular formula is C19H17ClN2O2S. The van der Waals surface area contributed by atoms with Crippen LogP contribution in [0.3, 0.4) is 0 Å². The Labute approximate surface area is 152 Å². The summed E-state index contributed by atoms with van der Waals surface area (Å²) in [5.74, 6) is 0. The normalized spacial score (nSPS) is 18.3. The Morgan fingerprint density at radius 3 is 2.40 bits per heavy atom. The fraction of sp³-hybridized carbons (Fsp3) is 0.158. The maximum Gasteiger partial charge on any atom is 0.242 e. The summed E-state index contributed by atoms with van der Waals surface area (Å²) in [4.78, 5) is 2.32. The highest BCUT2D eigenvalue weighted by Gasteiger charge is 2.32. The third-order valence-corrected chi connectivity index (χ3v) is 6.29. The molecule has 4 rings (SSSR count). The summed E-state index contributed by atoms with van der Waals surface area (Å²) in [6.45, 7) is 0. The molecule has 0 amide bonds. The minimum absolute atomic E-state index is 0.328. The third-order valence-electron chi connectivity index (χ3n) is 4.57. The van der Waals surface area contributed by atoms with E-state index in [1.165, 1.54) is 0 Å². The first-order chi connectivity index (χ1) is 11.9. The van der Waals surface area contributed by atoms with Gasteiger partial charge in [0.15, 0.2) is 0 Å². The van der Waals surface area contributed by atoms with E-state index < -0.39 is 16.1 Å². The number of rotatable bonds is 2.